The largest absolute Gasteiger partial charge is 0.443 e. The number of hydrogen-bond acceptors (Lipinski definition) is 3. The molecule has 0 saturated carbocycles. The van der Waals surface area contributed by atoms with Gasteiger partial charge in [-0.1, -0.05) is 0 Å². The van der Waals surface area contributed by atoms with Crippen molar-refractivity contribution in [2.24, 2.45) is 7.05 Å². The Hall–Kier alpha value is -1.52. The van der Waals surface area contributed by atoms with Gasteiger partial charge in [-0.05, 0) is 33.6 Å². The smallest absolute Gasteiger partial charge is 0.414 e. The van der Waals surface area contributed by atoms with Crippen molar-refractivity contribution >= 4 is 11.8 Å². The Morgan fingerprint density at radius 2 is 2.18 bits per heavy atom. The van der Waals surface area contributed by atoms with E-state index in [1.54, 1.807) is 11.1 Å². The second-order valence-corrected chi connectivity index (χ2v) is 5.34. The topological polar surface area (TPSA) is 47.4 Å². The van der Waals surface area contributed by atoms with Crippen LogP contribution < -0.4 is 4.90 Å². The highest BCUT2D eigenvalue weighted by atomic mass is 16.6. The van der Waals surface area contributed by atoms with Gasteiger partial charge in [0.2, 0.25) is 0 Å². The second-order valence-electron chi connectivity index (χ2n) is 5.34. The van der Waals surface area contributed by atoms with Gasteiger partial charge in [-0.2, -0.15) is 5.10 Å². The average Bonchev–Trinajstić information content (AvgIpc) is 2.58. The fraction of sp³-hybridized carbons (Fsp3) is 0.667. The van der Waals surface area contributed by atoms with E-state index in [1.165, 1.54) is 0 Å². The molecule has 0 spiro atoms. The van der Waals surface area contributed by atoms with Gasteiger partial charge in [0.15, 0.2) is 0 Å². The molecule has 94 valence electrons. The zero-order valence-corrected chi connectivity index (χ0v) is 10.9. The molecular weight excluding hydrogens is 218 g/mol. The van der Waals surface area contributed by atoms with E-state index in [2.05, 4.69) is 5.10 Å². The highest BCUT2D eigenvalue weighted by Gasteiger charge is 2.29. The van der Waals surface area contributed by atoms with E-state index < -0.39 is 5.60 Å². The molecule has 1 aliphatic heterocycles. The van der Waals surface area contributed by atoms with Gasteiger partial charge in [-0.15, -0.1) is 0 Å². The maximum absolute atomic E-state index is 12.1. The zero-order chi connectivity index (χ0) is 12.6. The first-order valence-electron chi connectivity index (χ1n) is 5.90. The zero-order valence-electron chi connectivity index (χ0n) is 10.9. The van der Waals surface area contributed by atoms with Gasteiger partial charge >= 0.3 is 6.09 Å². The summed E-state index contributed by atoms with van der Waals surface area (Å²) in [5.74, 6) is 0. The van der Waals surface area contributed by atoms with Crippen LogP contribution in [0.4, 0.5) is 10.5 Å². The maximum Gasteiger partial charge on any atom is 0.414 e. The van der Waals surface area contributed by atoms with Crippen LogP contribution in [0.1, 0.15) is 32.9 Å². The number of aromatic nitrogens is 2. The van der Waals surface area contributed by atoms with E-state index in [1.807, 2.05) is 32.5 Å². The molecule has 0 unspecified atom stereocenters. The minimum Gasteiger partial charge on any atom is -0.443 e. The van der Waals surface area contributed by atoms with Crippen molar-refractivity contribution in [2.45, 2.75) is 39.2 Å². The quantitative estimate of drug-likeness (QED) is 0.694. The van der Waals surface area contributed by atoms with Gasteiger partial charge in [0.1, 0.15) is 5.60 Å². The number of rotatable bonds is 0. The molecule has 0 fully saturated rings. The molecule has 1 aromatic rings. The summed E-state index contributed by atoms with van der Waals surface area (Å²) in [5.41, 5.74) is 1.52. The molecule has 1 aromatic heterocycles. The highest BCUT2D eigenvalue weighted by molar-refractivity contribution is 5.88. The summed E-state index contributed by atoms with van der Waals surface area (Å²) in [6.07, 6.45) is 3.36. The van der Waals surface area contributed by atoms with Crippen LogP contribution in [0.5, 0.6) is 0 Å². The number of carbonyl (C=O) groups is 1. The second kappa shape index (κ2) is 4.05. The van der Waals surface area contributed by atoms with Crippen LogP contribution in [0.25, 0.3) is 0 Å². The summed E-state index contributed by atoms with van der Waals surface area (Å²) < 4.78 is 7.22. The number of carbonyl (C=O) groups excluding carboxylic acids is 1. The minimum atomic E-state index is -0.461. The number of ether oxygens (including phenoxy) is 1. The SMILES string of the molecule is Cn1ncc2c1CCCN2C(=O)OC(C)(C)C. The maximum atomic E-state index is 12.1. The Morgan fingerprint density at radius 3 is 2.82 bits per heavy atom. The fourth-order valence-corrected chi connectivity index (χ4v) is 2.00. The Kier molecular flexibility index (Phi) is 2.85. The van der Waals surface area contributed by atoms with Crippen LogP contribution in [-0.4, -0.2) is 28.0 Å². The molecule has 0 bridgehead atoms. The Labute approximate surface area is 101 Å². The number of nitrogens with zero attached hydrogens (tertiary/aromatic N) is 3. The van der Waals surface area contributed by atoms with Crippen molar-refractivity contribution < 1.29 is 9.53 Å². The summed E-state index contributed by atoms with van der Waals surface area (Å²) >= 11 is 0. The first-order chi connectivity index (χ1) is 7.88. The molecule has 1 aliphatic rings. The predicted octanol–water partition coefficient (Wildman–Crippen LogP) is 2.11. The summed E-state index contributed by atoms with van der Waals surface area (Å²) in [7, 11) is 1.90. The van der Waals surface area contributed by atoms with Crippen LogP contribution in [0.15, 0.2) is 6.20 Å². The number of fused-ring (bicyclic) bond motifs is 1. The van der Waals surface area contributed by atoms with Crippen molar-refractivity contribution in [3.8, 4) is 0 Å². The van der Waals surface area contributed by atoms with Gasteiger partial charge in [-0.25, -0.2) is 4.79 Å². The number of aryl methyl sites for hydroxylation is 1. The monoisotopic (exact) mass is 237 g/mol. The van der Waals surface area contributed by atoms with Crippen molar-refractivity contribution in [3.05, 3.63) is 11.9 Å². The molecule has 0 aliphatic carbocycles. The molecule has 0 atom stereocenters. The van der Waals surface area contributed by atoms with Crippen molar-refractivity contribution in [3.63, 3.8) is 0 Å². The Bertz CT molecular complexity index is 431. The lowest BCUT2D eigenvalue weighted by molar-refractivity contribution is 0.0577. The lowest BCUT2D eigenvalue weighted by Crippen LogP contribution is -2.39. The molecule has 0 N–H and O–H groups in total. The van der Waals surface area contributed by atoms with E-state index in [0.717, 1.165) is 24.2 Å². The molecule has 1 amide bonds. The van der Waals surface area contributed by atoms with Crippen LogP contribution >= 0.6 is 0 Å². The number of amides is 1. The lowest BCUT2D eigenvalue weighted by atomic mass is 10.1. The standard InChI is InChI=1S/C12H19N3O2/c1-12(2,3)17-11(16)15-7-5-6-9-10(15)8-13-14(9)4/h8H,5-7H2,1-4H3. The fourth-order valence-electron chi connectivity index (χ4n) is 2.00. The molecule has 0 saturated heterocycles. The van der Waals surface area contributed by atoms with Crippen molar-refractivity contribution in [2.75, 3.05) is 11.4 Å². The van der Waals surface area contributed by atoms with Gasteiger partial charge in [0, 0.05) is 13.6 Å². The summed E-state index contributed by atoms with van der Waals surface area (Å²) in [4.78, 5) is 13.7. The highest BCUT2D eigenvalue weighted by Crippen LogP contribution is 2.27. The van der Waals surface area contributed by atoms with Gasteiger partial charge in [-0.3, -0.25) is 9.58 Å². The first kappa shape index (κ1) is 12.0. The van der Waals surface area contributed by atoms with Crippen LogP contribution in [-0.2, 0) is 18.2 Å². The molecule has 0 radical (unpaired) electrons. The van der Waals surface area contributed by atoms with E-state index in [0.29, 0.717) is 6.54 Å². The lowest BCUT2D eigenvalue weighted by Gasteiger charge is -2.29. The van der Waals surface area contributed by atoms with E-state index in [-0.39, 0.29) is 6.09 Å². The van der Waals surface area contributed by atoms with E-state index in [4.69, 9.17) is 4.74 Å². The molecule has 2 rings (SSSR count). The molecular formula is C12H19N3O2. The molecule has 2 heterocycles. The third-order valence-electron chi connectivity index (χ3n) is 2.74. The Balaban J connectivity index is 2.21. The summed E-state index contributed by atoms with van der Waals surface area (Å²) in [5, 5.41) is 4.19. The van der Waals surface area contributed by atoms with Crippen molar-refractivity contribution in [1.29, 1.82) is 0 Å². The molecule has 5 heteroatoms. The van der Waals surface area contributed by atoms with Crippen LogP contribution in [0.3, 0.4) is 0 Å². The van der Waals surface area contributed by atoms with Crippen molar-refractivity contribution in [1.82, 2.24) is 9.78 Å². The van der Waals surface area contributed by atoms with E-state index >= 15 is 0 Å². The number of anilines is 1. The van der Waals surface area contributed by atoms with Gasteiger partial charge in [0.05, 0.1) is 17.6 Å². The van der Waals surface area contributed by atoms with Gasteiger partial charge in [0.25, 0.3) is 0 Å². The predicted molar refractivity (Wildman–Crippen MR) is 65.1 cm³/mol. The molecule has 5 nitrogen and oxygen atoms in total. The minimum absolute atomic E-state index is 0.286. The number of hydrogen-bond donors (Lipinski definition) is 0. The Morgan fingerprint density at radius 1 is 1.47 bits per heavy atom. The first-order valence-corrected chi connectivity index (χ1v) is 5.90. The summed E-state index contributed by atoms with van der Waals surface area (Å²) in [6.45, 7) is 6.32. The van der Waals surface area contributed by atoms with E-state index in [9.17, 15) is 4.79 Å². The van der Waals surface area contributed by atoms with Crippen LogP contribution in [0.2, 0.25) is 0 Å². The molecule has 17 heavy (non-hydrogen) atoms. The third kappa shape index (κ3) is 2.43. The molecule has 0 aromatic carbocycles. The normalized spacial score (nSPS) is 15.6. The van der Waals surface area contributed by atoms with Gasteiger partial charge < -0.3 is 4.74 Å². The average molecular weight is 237 g/mol. The summed E-state index contributed by atoms with van der Waals surface area (Å²) in [6, 6.07) is 0. The van der Waals surface area contributed by atoms with Crippen LogP contribution in [0, 0.1) is 0 Å². The third-order valence-corrected chi connectivity index (χ3v) is 2.74.